The van der Waals surface area contributed by atoms with E-state index in [1.807, 2.05) is 0 Å². The van der Waals surface area contributed by atoms with Crippen LogP contribution in [-0.2, 0) is 14.5 Å². The summed E-state index contributed by atoms with van der Waals surface area (Å²) in [6, 6.07) is 0. The molecule has 0 aliphatic heterocycles. The minimum absolute atomic E-state index is 0.324. The predicted molar refractivity (Wildman–Crippen MR) is 46.4 cm³/mol. The van der Waals surface area contributed by atoms with Gasteiger partial charge in [-0.1, -0.05) is 0 Å². The molecule has 0 bridgehead atoms. The van der Waals surface area contributed by atoms with E-state index in [4.69, 9.17) is 0 Å². The fourth-order valence-electron chi connectivity index (χ4n) is 0.683. The van der Waals surface area contributed by atoms with Crippen molar-refractivity contribution in [1.29, 1.82) is 0 Å². The van der Waals surface area contributed by atoms with Gasteiger partial charge in [0.2, 0.25) is 0 Å². The molecule has 96 valence electrons. The molecule has 0 saturated carbocycles. The predicted octanol–water partition coefficient (Wildman–Crippen LogP) is 0.231. The van der Waals surface area contributed by atoms with E-state index in [1.54, 1.807) is 0 Å². The Balaban J connectivity index is 4.94. The largest absolute Gasteiger partial charge is 0.299 e. The first kappa shape index (κ1) is 14.3. The molecule has 12 heteroatoms. The van der Waals surface area contributed by atoms with Crippen molar-refractivity contribution in [3.8, 4) is 0 Å². The van der Waals surface area contributed by atoms with Crippen molar-refractivity contribution in [2.75, 3.05) is 0 Å². The summed E-state index contributed by atoms with van der Waals surface area (Å²) in [4.78, 5) is 41.6. The zero-order valence-electron chi connectivity index (χ0n) is 8.59. The Morgan fingerprint density at radius 1 is 0.941 bits per heavy atom. The lowest BCUT2D eigenvalue weighted by Gasteiger charge is -2.14. The molecule has 0 aliphatic carbocycles. The molecule has 0 rings (SSSR count). The molecule has 12 nitrogen and oxygen atoms in total. The minimum atomic E-state index is -2.03. The summed E-state index contributed by atoms with van der Waals surface area (Å²) in [6.07, 6.45) is -2.03. The van der Waals surface area contributed by atoms with Crippen molar-refractivity contribution in [3.63, 3.8) is 0 Å². The van der Waals surface area contributed by atoms with Crippen LogP contribution in [0.1, 0.15) is 13.8 Å². The van der Waals surface area contributed by atoms with Crippen LogP contribution in [0.5, 0.6) is 0 Å². The maximum absolute atomic E-state index is 10.0. The van der Waals surface area contributed by atoms with Gasteiger partial charge in [0.1, 0.15) is 5.76 Å². The molecule has 0 spiro atoms. The van der Waals surface area contributed by atoms with Crippen molar-refractivity contribution in [3.05, 3.63) is 41.7 Å². The van der Waals surface area contributed by atoms with E-state index in [9.17, 15) is 30.3 Å². The number of nitrogens with zero attached hydrogens (tertiary/aromatic N) is 3. The molecule has 0 aromatic rings. The van der Waals surface area contributed by atoms with E-state index >= 15 is 0 Å². The minimum Gasteiger partial charge on any atom is -0.281 e. The molecule has 0 saturated heterocycles. The highest BCUT2D eigenvalue weighted by Gasteiger charge is 2.22. The van der Waals surface area contributed by atoms with Crippen LogP contribution in [0.4, 0.5) is 0 Å². The third-order valence-corrected chi connectivity index (χ3v) is 1.48. The van der Waals surface area contributed by atoms with E-state index in [1.165, 1.54) is 0 Å². The highest BCUT2D eigenvalue weighted by Crippen LogP contribution is 2.14. The van der Waals surface area contributed by atoms with Gasteiger partial charge < -0.3 is 0 Å². The van der Waals surface area contributed by atoms with E-state index < -0.39 is 27.3 Å². The lowest BCUT2D eigenvalue weighted by Crippen LogP contribution is -2.26. The van der Waals surface area contributed by atoms with Crippen LogP contribution in [0.2, 0.25) is 0 Å². The molecule has 0 aromatic heterocycles. The number of rotatable bonds is 7. The van der Waals surface area contributed by atoms with Gasteiger partial charge in [0, 0.05) is 5.57 Å². The Hall–Kier alpha value is -2.66. The summed E-state index contributed by atoms with van der Waals surface area (Å²) < 4.78 is 0. The Bertz CT molecular complexity index is 348. The van der Waals surface area contributed by atoms with Crippen LogP contribution in [0.15, 0.2) is 11.3 Å². The van der Waals surface area contributed by atoms with Gasteiger partial charge >= 0.3 is 0 Å². The van der Waals surface area contributed by atoms with Crippen LogP contribution in [0.3, 0.4) is 0 Å². The molecular weight excluding hydrogens is 246 g/mol. The van der Waals surface area contributed by atoms with Gasteiger partial charge in [-0.15, -0.1) is 30.3 Å². The van der Waals surface area contributed by atoms with Gasteiger partial charge in [-0.2, -0.15) is 0 Å². The first-order valence-electron chi connectivity index (χ1n) is 3.86. The molecule has 0 radical (unpaired) electrons. The third kappa shape index (κ3) is 5.71. The second-order valence-corrected chi connectivity index (χ2v) is 2.54. The average molecular weight is 253 g/mol. The second kappa shape index (κ2) is 6.04. The van der Waals surface area contributed by atoms with Crippen LogP contribution in [-0.4, -0.2) is 21.5 Å². The summed E-state index contributed by atoms with van der Waals surface area (Å²) in [5.74, 6) is -0.427. The number of allylic oxidation sites excluding steroid dienone is 1. The van der Waals surface area contributed by atoms with Crippen molar-refractivity contribution in [2.24, 2.45) is 0 Å². The monoisotopic (exact) mass is 253 g/mol. The maximum atomic E-state index is 10.0. The van der Waals surface area contributed by atoms with Crippen LogP contribution in [0.25, 0.3) is 0 Å². The van der Waals surface area contributed by atoms with Gasteiger partial charge in [-0.25, -0.2) is 0 Å². The molecule has 0 aliphatic rings. The van der Waals surface area contributed by atoms with Gasteiger partial charge in [-0.05, 0) is 13.8 Å². The molecule has 17 heavy (non-hydrogen) atoms. The first-order chi connectivity index (χ1) is 7.73. The third-order valence-electron chi connectivity index (χ3n) is 1.48. The zero-order valence-corrected chi connectivity index (χ0v) is 8.59. The Kier molecular flexibility index (Phi) is 5.09. The molecule has 0 N–H and O–H groups in total. The van der Waals surface area contributed by atoms with Gasteiger partial charge in [-0.3, -0.25) is 14.5 Å². The quantitative estimate of drug-likeness (QED) is 0.268. The van der Waals surface area contributed by atoms with Gasteiger partial charge in [0.15, 0.2) is 0 Å². The molecular formula is C5H7N3O9. The van der Waals surface area contributed by atoms with E-state index in [0.29, 0.717) is 0 Å². The van der Waals surface area contributed by atoms with Crippen LogP contribution in [0, 0.1) is 30.3 Å². The first-order valence-corrected chi connectivity index (χ1v) is 3.86. The zero-order chi connectivity index (χ0) is 13.6. The SMILES string of the molecule is C/C(O[N+](=O)[O-])=C(/C)C(O[N+](=O)[O-])O[N+](=O)[O-]. The van der Waals surface area contributed by atoms with Crippen molar-refractivity contribution in [1.82, 2.24) is 0 Å². The summed E-state index contributed by atoms with van der Waals surface area (Å²) >= 11 is 0. The average Bonchev–Trinajstić information content (AvgIpc) is 2.12. The molecule has 0 unspecified atom stereocenters. The lowest BCUT2D eigenvalue weighted by molar-refractivity contribution is -0.847. The number of hydrogen-bond donors (Lipinski definition) is 0. The fraction of sp³-hybridized carbons (Fsp3) is 0.600. The Morgan fingerprint density at radius 3 is 1.65 bits per heavy atom. The van der Waals surface area contributed by atoms with Crippen LogP contribution < -0.4 is 0 Å². The molecule has 0 aromatic carbocycles. The van der Waals surface area contributed by atoms with Crippen molar-refractivity contribution in [2.45, 2.75) is 20.1 Å². The van der Waals surface area contributed by atoms with E-state index in [-0.39, 0.29) is 5.57 Å². The van der Waals surface area contributed by atoms with Gasteiger partial charge in [0.25, 0.3) is 21.5 Å². The molecule has 0 amide bonds. The lowest BCUT2D eigenvalue weighted by atomic mass is 10.2. The molecule has 0 fully saturated rings. The smallest absolute Gasteiger partial charge is 0.281 e. The van der Waals surface area contributed by atoms with E-state index in [0.717, 1.165) is 13.8 Å². The summed E-state index contributed by atoms with van der Waals surface area (Å²) in [6.45, 7) is 2.15. The summed E-state index contributed by atoms with van der Waals surface area (Å²) in [5, 5.41) is 26.2. The standard InChI is InChI=1S/C5H7N3O9/c1-3(4(2)15-6(9)10)5(16-7(11)12)17-8(13)14/h5H,1-2H3/b4-3+. The highest BCUT2D eigenvalue weighted by molar-refractivity contribution is 5.05. The van der Waals surface area contributed by atoms with Crippen LogP contribution >= 0.6 is 0 Å². The normalized spacial score (nSPS) is 11.5. The van der Waals surface area contributed by atoms with E-state index in [2.05, 4.69) is 14.5 Å². The summed E-state index contributed by atoms with van der Waals surface area (Å²) in [5.41, 5.74) is -0.324. The van der Waals surface area contributed by atoms with Crippen molar-refractivity contribution < 1.29 is 29.8 Å². The fourth-order valence-corrected chi connectivity index (χ4v) is 0.683. The Labute approximate surface area is 92.7 Å². The highest BCUT2D eigenvalue weighted by atomic mass is 17.0. The summed E-state index contributed by atoms with van der Waals surface area (Å²) in [7, 11) is 0. The topological polar surface area (TPSA) is 157 Å². The maximum Gasteiger partial charge on any atom is 0.299 e. The second-order valence-electron chi connectivity index (χ2n) is 2.54. The van der Waals surface area contributed by atoms with Gasteiger partial charge in [0.05, 0.1) is 0 Å². The number of hydrogen-bond acceptors (Lipinski definition) is 9. The van der Waals surface area contributed by atoms with Crippen molar-refractivity contribution >= 4 is 0 Å². The Morgan fingerprint density at radius 2 is 1.35 bits per heavy atom. The molecule has 0 atom stereocenters. The molecule has 0 heterocycles.